The third-order valence-electron chi connectivity index (χ3n) is 3.66. The first kappa shape index (κ1) is 11.1. The van der Waals surface area contributed by atoms with E-state index < -0.39 is 0 Å². The molecular formula is C14H17ClN2. The molecule has 1 aromatic heterocycles. The maximum absolute atomic E-state index is 6.29. The third-order valence-corrected chi connectivity index (χ3v) is 3.97. The van der Waals surface area contributed by atoms with Gasteiger partial charge in [-0.15, -0.1) is 0 Å². The molecule has 0 unspecified atom stereocenters. The van der Waals surface area contributed by atoms with Gasteiger partial charge in [0.05, 0.1) is 5.02 Å². The summed E-state index contributed by atoms with van der Waals surface area (Å²) in [6.07, 6.45) is 5.65. The number of halogens is 1. The number of piperidine rings is 1. The Morgan fingerprint density at radius 2 is 2.06 bits per heavy atom. The molecule has 1 aliphatic heterocycles. The van der Waals surface area contributed by atoms with Crippen LogP contribution in [0.15, 0.2) is 24.4 Å². The van der Waals surface area contributed by atoms with Gasteiger partial charge in [-0.2, -0.15) is 0 Å². The van der Waals surface area contributed by atoms with Crippen LogP contribution in [0.3, 0.4) is 0 Å². The van der Waals surface area contributed by atoms with E-state index in [-0.39, 0.29) is 0 Å². The van der Waals surface area contributed by atoms with E-state index in [1.165, 1.54) is 18.4 Å². The summed E-state index contributed by atoms with van der Waals surface area (Å²) in [5.41, 5.74) is 2.51. The van der Waals surface area contributed by atoms with Crippen molar-refractivity contribution in [1.82, 2.24) is 10.3 Å². The SMILES string of the molecule is Clc1cc(CC2CCNCC2)cc2[nH]ccc12. The molecule has 1 aromatic carbocycles. The number of rotatable bonds is 2. The van der Waals surface area contributed by atoms with Crippen molar-refractivity contribution in [3.8, 4) is 0 Å². The van der Waals surface area contributed by atoms with Crippen LogP contribution in [0, 0.1) is 5.92 Å². The minimum absolute atomic E-state index is 0.805. The van der Waals surface area contributed by atoms with E-state index in [9.17, 15) is 0 Å². The maximum atomic E-state index is 6.29. The quantitative estimate of drug-likeness (QED) is 0.838. The standard InChI is InChI=1S/C14H17ClN2/c15-13-8-11(7-10-1-4-16-5-2-10)9-14-12(13)3-6-17-14/h3,6,8-10,16-17H,1-2,4-5,7H2. The highest BCUT2D eigenvalue weighted by atomic mass is 35.5. The van der Waals surface area contributed by atoms with Gasteiger partial charge in [0.15, 0.2) is 0 Å². The lowest BCUT2D eigenvalue weighted by atomic mass is 9.91. The fourth-order valence-electron chi connectivity index (χ4n) is 2.71. The fraction of sp³-hybridized carbons (Fsp3) is 0.429. The van der Waals surface area contributed by atoms with Gasteiger partial charge in [-0.05, 0) is 62.0 Å². The van der Waals surface area contributed by atoms with Crippen molar-refractivity contribution >= 4 is 22.5 Å². The number of hydrogen-bond acceptors (Lipinski definition) is 1. The molecule has 2 aromatic rings. The van der Waals surface area contributed by atoms with Gasteiger partial charge in [0.2, 0.25) is 0 Å². The van der Waals surface area contributed by atoms with Gasteiger partial charge in [-0.1, -0.05) is 11.6 Å². The number of fused-ring (bicyclic) bond motifs is 1. The molecule has 1 saturated heterocycles. The first-order chi connectivity index (χ1) is 8.33. The summed E-state index contributed by atoms with van der Waals surface area (Å²) in [6, 6.07) is 6.40. The second-order valence-electron chi connectivity index (χ2n) is 4.91. The Kier molecular flexibility index (Phi) is 3.08. The highest BCUT2D eigenvalue weighted by Gasteiger charge is 2.14. The second kappa shape index (κ2) is 4.71. The summed E-state index contributed by atoms with van der Waals surface area (Å²) >= 11 is 6.29. The Morgan fingerprint density at radius 1 is 1.24 bits per heavy atom. The van der Waals surface area contributed by atoms with E-state index in [2.05, 4.69) is 22.4 Å². The molecule has 0 amide bonds. The average Bonchev–Trinajstić information content (AvgIpc) is 2.79. The van der Waals surface area contributed by atoms with Crippen molar-refractivity contribution in [2.24, 2.45) is 5.92 Å². The van der Waals surface area contributed by atoms with E-state index in [0.29, 0.717) is 0 Å². The Hall–Kier alpha value is -0.990. The van der Waals surface area contributed by atoms with E-state index in [0.717, 1.165) is 41.4 Å². The average molecular weight is 249 g/mol. The third kappa shape index (κ3) is 2.33. The minimum Gasteiger partial charge on any atom is -0.361 e. The molecule has 0 atom stereocenters. The number of H-pyrrole nitrogens is 1. The van der Waals surface area contributed by atoms with Crippen LogP contribution in [-0.2, 0) is 6.42 Å². The van der Waals surface area contributed by atoms with Crippen LogP contribution in [0.2, 0.25) is 5.02 Å². The maximum Gasteiger partial charge on any atom is 0.0502 e. The van der Waals surface area contributed by atoms with E-state index >= 15 is 0 Å². The van der Waals surface area contributed by atoms with Crippen molar-refractivity contribution in [2.75, 3.05) is 13.1 Å². The van der Waals surface area contributed by atoms with Crippen LogP contribution >= 0.6 is 11.6 Å². The van der Waals surface area contributed by atoms with Crippen LogP contribution in [0.1, 0.15) is 18.4 Å². The van der Waals surface area contributed by atoms with E-state index in [1.807, 2.05) is 12.3 Å². The zero-order valence-electron chi connectivity index (χ0n) is 9.80. The lowest BCUT2D eigenvalue weighted by Crippen LogP contribution is -2.28. The Labute approximate surface area is 106 Å². The largest absolute Gasteiger partial charge is 0.361 e. The van der Waals surface area contributed by atoms with E-state index in [4.69, 9.17) is 11.6 Å². The normalized spacial score (nSPS) is 17.7. The van der Waals surface area contributed by atoms with Gasteiger partial charge in [0.1, 0.15) is 0 Å². The van der Waals surface area contributed by atoms with Crippen LogP contribution < -0.4 is 5.32 Å². The topological polar surface area (TPSA) is 27.8 Å². The van der Waals surface area contributed by atoms with Gasteiger partial charge >= 0.3 is 0 Å². The fourth-order valence-corrected chi connectivity index (χ4v) is 3.02. The summed E-state index contributed by atoms with van der Waals surface area (Å²) in [4.78, 5) is 3.24. The van der Waals surface area contributed by atoms with Crippen molar-refractivity contribution in [2.45, 2.75) is 19.3 Å². The Balaban J connectivity index is 1.84. The molecule has 0 saturated carbocycles. The number of nitrogens with one attached hydrogen (secondary N) is 2. The van der Waals surface area contributed by atoms with Gasteiger partial charge in [-0.3, -0.25) is 0 Å². The zero-order chi connectivity index (χ0) is 11.7. The number of aromatic amines is 1. The molecule has 2 N–H and O–H groups in total. The molecule has 0 radical (unpaired) electrons. The first-order valence-corrected chi connectivity index (χ1v) is 6.67. The molecule has 0 bridgehead atoms. The Morgan fingerprint density at radius 3 is 2.88 bits per heavy atom. The molecule has 2 nitrogen and oxygen atoms in total. The molecule has 1 fully saturated rings. The molecule has 0 aliphatic carbocycles. The summed E-state index contributed by atoms with van der Waals surface area (Å²) < 4.78 is 0. The van der Waals surface area contributed by atoms with Gasteiger partial charge in [0, 0.05) is 17.1 Å². The number of benzene rings is 1. The van der Waals surface area contributed by atoms with Crippen LogP contribution in [0.4, 0.5) is 0 Å². The summed E-state index contributed by atoms with van der Waals surface area (Å²) in [7, 11) is 0. The highest BCUT2D eigenvalue weighted by molar-refractivity contribution is 6.35. The van der Waals surface area contributed by atoms with Gasteiger partial charge in [0.25, 0.3) is 0 Å². The monoisotopic (exact) mass is 248 g/mol. The summed E-state index contributed by atoms with van der Waals surface area (Å²) in [6.45, 7) is 2.31. The van der Waals surface area contributed by atoms with E-state index in [1.54, 1.807) is 0 Å². The molecule has 3 rings (SSSR count). The Bertz CT molecular complexity index is 512. The molecule has 90 valence electrons. The zero-order valence-corrected chi connectivity index (χ0v) is 10.6. The molecule has 1 aliphatic rings. The second-order valence-corrected chi connectivity index (χ2v) is 5.32. The molecule has 2 heterocycles. The number of hydrogen-bond donors (Lipinski definition) is 2. The lowest BCUT2D eigenvalue weighted by molar-refractivity contribution is 0.373. The summed E-state index contributed by atoms with van der Waals surface area (Å²) in [5, 5.41) is 5.40. The van der Waals surface area contributed by atoms with Crippen LogP contribution in [-0.4, -0.2) is 18.1 Å². The first-order valence-electron chi connectivity index (χ1n) is 6.29. The van der Waals surface area contributed by atoms with Crippen molar-refractivity contribution < 1.29 is 0 Å². The summed E-state index contributed by atoms with van der Waals surface area (Å²) in [5.74, 6) is 0.805. The van der Waals surface area contributed by atoms with Gasteiger partial charge in [-0.25, -0.2) is 0 Å². The predicted molar refractivity (Wildman–Crippen MR) is 72.6 cm³/mol. The molecule has 0 spiro atoms. The van der Waals surface area contributed by atoms with Gasteiger partial charge < -0.3 is 10.3 Å². The molecule has 17 heavy (non-hydrogen) atoms. The lowest BCUT2D eigenvalue weighted by Gasteiger charge is -2.22. The van der Waals surface area contributed by atoms with Crippen molar-refractivity contribution in [3.63, 3.8) is 0 Å². The minimum atomic E-state index is 0.805. The smallest absolute Gasteiger partial charge is 0.0502 e. The highest BCUT2D eigenvalue weighted by Crippen LogP contribution is 2.27. The van der Waals surface area contributed by atoms with Crippen LogP contribution in [0.5, 0.6) is 0 Å². The van der Waals surface area contributed by atoms with Crippen molar-refractivity contribution in [3.05, 3.63) is 35.0 Å². The predicted octanol–water partition coefficient (Wildman–Crippen LogP) is 3.36. The molecular weight excluding hydrogens is 232 g/mol. The number of aromatic nitrogens is 1. The van der Waals surface area contributed by atoms with Crippen LogP contribution in [0.25, 0.3) is 10.9 Å². The molecule has 3 heteroatoms. The van der Waals surface area contributed by atoms with Crippen molar-refractivity contribution in [1.29, 1.82) is 0 Å².